The van der Waals surface area contributed by atoms with Gasteiger partial charge in [0.25, 0.3) is 5.91 Å². The molecule has 122 valence electrons. The molecule has 0 unspecified atom stereocenters. The monoisotopic (exact) mass is 333 g/mol. The van der Waals surface area contributed by atoms with E-state index in [1.807, 2.05) is 0 Å². The number of carbonyl (C=O) groups excluding carboxylic acids is 2. The second-order valence-electron chi connectivity index (χ2n) is 4.98. The van der Waals surface area contributed by atoms with Crippen LogP contribution in [-0.4, -0.2) is 22.1 Å². The van der Waals surface area contributed by atoms with Crippen molar-refractivity contribution < 1.29 is 9.59 Å². The number of nitrogens with zero attached hydrogens (tertiary/aromatic N) is 2. The maximum atomic E-state index is 12.1. The van der Waals surface area contributed by atoms with Crippen molar-refractivity contribution >= 4 is 34.1 Å². The number of amides is 3. The maximum Gasteiger partial charge on any atom is 0.316 e. The fourth-order valence-electron chi connectivity index (χ4n) is 1.95. The van der Waals surface area contributed by atoms with Gasteiger partial charge in [-0.2, -0.15) is 0 Å². The summed E-state index contributed by atoms with van der Waals surface area (Å²) in [5.74, 6) is -0.271. The number of aryl methyl sites for hydroxylation is 1. The first kappa shape index (κ1) is 16.9. The van der Waals surface area contributed by atoms with Crippen LogP contribution in [0.1, 0.15) is 41.6 Å². The lowest BCUT2D eigenvalue weighted by molar-refractivity contribution is 0.102. The molecule has 0 spiro atoms. The van der Waals surface area contributed by atoms with Crippen LogP contribution in [0.5, 0.6) is 0 Å². The topological polar surface area (TPSA) is 110 Å². The lowest BCUT2D eigenvalue weighted by Crippen LogP contribution is -2.19. The van der Waals surface area contributed by atoms with Gasteiger partial charge in [-0.1, -0.05) is 31.1 Å². The Bertz CT molecular complexity index is 669. The van der Waals surface area contributed by atoms with Gasteiger partial charge in [-0.25, -0.2) is 4.79 Å². The number of aromatic nitrogens is 2. The number of urea groups is 1. The molecule has 8 heteroatoms. The van der Waals surface area contributed by atoms with Crippen molar-refractivity contribution in [1.29, 1.82) is 0 Å². The Hall–Kier alpha value is -2.48. The van der Waals surface area contributed by atoms with E-state index in [1.54, 1.807) is 24.3 Å². The molecule has 3 amide bonds. The molecule has 0 fully saturated rings. The summed E-state index contributed by atoms with van der Waals surface area (Å²) in [6.45, 7) is 2.15. The lowest BCUT2D eigenvalue weighted by atomic mass is 10.2. The summed E-state index contributed by atoms with van der Waals surface area (Å²) in [7, 11) is 0. The van der Waals surface area contributed by atoms with Crippen LogP contribution in [0.15, 0.2) is 24.3 Å². The number of benzene rings is 1. The van der Waals surface area contributed by atoms with E-state index in [0.29, 0.717) is 16.4 Å². The van der Waals surface area contributed by atoms with E-state index in [4.69, 9.17) is 5.73 Å². The van der Waals surface area contributed by atoms with Crippen LogP contribution in [0.4, 0.5) is 15.6 Å². The van der Waals surface area contributed by atoms with Crippen LogP contribution in [0.25, 0.3) is 0 Å². The van der Waals surface area contributed by atoms with Crippen molar-refractivity contribution in [3.05, 3.63) is 34.8 Å². The Morgan fingerprint density at radius 1 is 1.13 bits per heavy atom. The van der Waals surface area contributed by atoms with E-state index in [9.17, 15) is 9.59 Å². The van der Waals surface area contributed by atoms with Gasteiger partial charge in [-0.15, -0.1) is 10.2 Å². The third-order valence-corrected chi connectivity index (χ3v) is 3.99. The van der Waals surface area contributed by atoms with Gasteiger partial charge in [0, 0.05) is 17.7 Å². The van der Waals surface area contributed by atoms with Crippen LogP contribution in [0, 0.1) is 0 Å². The minimum absolute atomic E-state index is 0.271. The van der Waals surface area contributed by atoms with Gasteiger partial charge in [-0.05, 0) is 30.7 Å². The Morgan fingerprint density at radius 3 is 2.52 bits per heavy atom. The standard InChI is InChI=1S/C15H19N5O2S/c1-2-3-4-5-12-19-20-15(23-12)18-13(21)10-6-8-11(9-7-10)17-14(16)22/h6-9H,2-5H2,1H3,(H3,16,17,22)(H,18,20,21). The Morgan fingerprint density at radius 2 is 1.87 bits per heavy atom. The average Bonchev–Trinajstić information content (AvgIpc) is 2.95. The second kappa shape index (κ2) is 8.23. The molecule has 0 aliphatic heterocycles. The highest BCUT2D eigenvalue weighted by Gasteiger charge is 2.10. The summed E-state index contributed by atoms with van der Waals surface area (Å²) in [4.78, 5) is 22.9. The van der Waals surface area contributed by atoms with Crippen molar-refractivity contribution in [2.45, 2.75) is 32.6 Å². The molecule has 1 aromatic heterocycles. The van der Waals surface area contributed by atoms with Gasteiger partial charge in [-0.3, -0.25) is 10.1 Å². The number of unbranched alkanes of at least 4 members (excludes halogenated alkanes) is 2. The molecule has 0 radical (unpaired) electrons. The van der Waals surface area contributed by atoms with E-state index in [0.717, 1.165) is 30.7 Å². The molecular formula is C15H19N5O2S. The van der Waals surface area contributed by atoms with Gasteiger partial charge in [0.15, 0.2) is 0 Å². The Balaban J connectivity index is 1.92. The van der Waals surface area contributed by atoms with Gasteiger partial charge in [0.2, 0.25) is 5.13 Å². The number of rotatable bonds is 7. The third-order valence-electron chi connectivity index (χ3n) is 3.10. The quantitative estimate of drug-likeness (QED) is 0.676. The van der Waals surface area contributed by atoms with Gasteiger partial charge in [0.05, 0.1) is 0 Å². The fraction of sp³-hybridized carbons (Fsp3) is 0.333. The number of anilines is 2. The van der Waals surface area contributed by atoms with Crippen molar-refractivity contribution in [3.8, 4) is 0 Å². The van der Waals surface area contributed by atoms with Gasteiger partial charge < -0.3 is 11.1 Å². The van der Waals surface area contributed by atoms with E-state index >= 15 is 0 Å². The first-order valence-corrected chi connectivity index (χ1v) is 8.20. The molecule has 0 atom stereocenters. The maximum absolute atomic E-state index is 12.1. The summed E-state index contributed by atoms with van der Waals surface area (Å²) in [5.41, 5.74) is 6.02. The van der Waals surface area contributed by atoms with Crippen LogP contribution in [0.2, 0.25) is 0 Å². The molecule has 4 N–H and O–H groups in total. The largest absolute Gasteiger partial charge is 0.351 e. The zero-order valence-electron chi connectivity index (χ0n) is 12.8. The highest BCUT2D eigenvalue weighted by molar-refractivity contribution is 7.15. The predicted molar refractivity (Wildman–Crippen MR) is 90.7 cm³/mol. The molecular weight excluding hydrogens is 314 g/mol. The van der Waals surface area contributed by atoms with Crippen molar-refractivity contribution in [1.82, 2.24) is 10.2 Å². The number of hydrogen-bond donors (Lipinski definition) is 3. The predicted octanol–water partition coefficient (Wildman–Crippen LogP) is 3.01. The normalized spacial score (nSPS) is 10.3. The van der Waals surface area contributed by atoms with Crippen LogP contribution < -0.4 is 16.4 Å². The summed E-state index contributed by atoms with van der Waals surface area (Å²) in [6.07, 6.45) is 4.28. The average molecular weight is 333 g/mol. The molecule has 2 rings (SSSR count). The van der Waals surface area contributed by atoms with Crippen molar-refractivity contribution in [2.75, 3.05) is 10.6 Å². The number of carbonyl (C=O) groups is 2. The minimum Gasteiger partial charge on any atom is -0.351 e. The summed E-state index contributed by atoms with van der Waals surface area (Å²) in [5, 5.41) is 14.6. The van der Waals surface area contributed by atoms with Crippen LogP contribution in [-0.2, 0) is 6.42 Å². The van der Waals surface area contributed by atoms with E-state index < -0.39 is 6.03 Å². The molecule has 23 heavy (non-hydrogen) atoms. The highest BCUT2D eigenvalue weighted by Crippen LogP contribution is 2.19. The molecule has 1 aromatic carbocycles. The van der Waals surface area contributed by atoms with Crippen molar-refractivity contribution in [3.63, 3.8) is 0 Å². The zero-order chi connectivity index (χ0) is 16.7. The van der Waals surface area contributed by atoms with Crippen LogP contribution in [0.3, 0.4) is 0 Å². The van der Waals surface area contributed by atoms with E-state index in [1.165, 1.54) is 11.3 Å². The molecule has 0 bridgehead atoms. The molecule has 1 heterocycles. The lowest BCUT2D eigenvalue weighted by Gasteiger charge is -2.04. The summed E-state index contributed by atoms with van der Waals surface area (Å²) >= 11 is 1.39. The highest BCUT2D eigenvalue weighted by atomic mass is 32.1. The zero-order valence-corrected chi connectivity index (χ0v) is 13.7. The van der Waals surface area contributed by atoms with E-state index in [2.05, 4.69) is 27.8 Å². The first-order chi connectivity index (χ1) is 11.1. The molecule has 0 aliphatic rings. The number of nitrogens with two attached hydrogens (primary N) is 1. The number of nitrogens with one attached hydrogen (secondary N) is 2. The Kier molecular flexibility index (Phi) is 6.04. The van der Waals surface area contributed by atoms with Crippen molar-refractivity contribution in [2.24, 2.45) is 5.73 Å². The molecule has 0 saturated carbocycles. The Labute approximate surface area is 138 Å². The molecule has 0 saturated heterocycles. The number of hydrogen-bond acceptors (Lipinski definition) is 5. The fourth-order valence-corrected chi connectivity index (χ4v) is 2.72. The SMILES string of the molecule is CCCCCc1nnc(NC(=O)c2ccc(NC(N)=O)cc2)s1. The summed E-state index contributed by atoms with van der Waals surface area (Å²) in [6, 6.07) is 5.77. The number of primary amides is 1. The van der Waals surface area contributed by atoms with Crippen LogP contribution >= 0.6 is 11.3 Å². The van der Waals surface area contributed by atoms with Gasteiger partial charge in [0.1, 0.15) is 5.01 Å². The minimum atomic E-state index is -0.647. The smallest absolute Gasteiger partial charge is 0.316 e. The van der Waals surface area contributed by atoms with E-state index in [-0.39, 0.29) is 5.91 Å². The molecule has 0 aliphatic carbocycles. The first-order valence-electron chi connectivity index (χ1n) is 7.38. The summed E-state index contributed by atoms with van der Waals surface area (Å²) < 4.78 is 0. The molecule has 2 aromatic rings. The van der Waals surface area contributed by atoms with Gasteiger partial charge >= 0.3 is 6.03 Å². The molecule has 7 nitrogen and oxygen atoms in total. The second-order valence-corrected chi connectivity index (χ2v) is 6.04. The third kappa shape index (κ3) is 5.33.